The van der Waals surface area contributed by atoms with E-state index in [2.05, 4.69) is 0 Å². The molecule has 0 radical (unpaired) electrons. The zero-order valence-corrected chi connectivity index (χ0v) is 9.71. The molecular formula is C9H14N2O3S. The van der Waals surface area contributed by atoms with E-state index in [1.54, 1.807) is 0 Å². The largest absolute Gasteiger partial charge is 0.398 e. The van der Waals surface area contributed by atoms with Gasteiger partial charge in [0.2, 0.25) is 0 Å². The second-order valence-corrected chi connectivity index (χ2v) is 6.12. The van der Waals surface area contributed by atoms with Gasteiger partial charge in [-0.3, -0.25) is 4.79 Å². The highest BCUT2D eigenvalue weighted by Gasteiger charge is 2.23. The van der Waals surface area contributed by atoms with Crippen molar-refractivity contribution in [3.05, 3.63) is 22.6 Å². The van der Waals surface area contributed by atoms with E-state index in [-0.39, 0.29) is 10.6 Å². The number of rotatable bonds is 2. The number of hydrogen-bond donors (Lipinski definition) is 1. The van der Waals surface area contributed by atoms with Gasteiger partial charge in [0.15, 0.2) is 9.84 Å². The van der Waals surface area contributed by atoms with Crippen LogP contribution in [0.1, 0.15) is 13.8 Å². The number of anilines is 1. The van der Waals surface area contributed by atoms with Gasteiger partial charge in [-0.15, -0.1) is 0 Å². The van der Waals surface area contributed by atoms with Crippen LogP contribution in [0.4, 0.5) is 5.69 Å². The van der Waals surface area contributed by atoms with E-state index >= 15 is 0 Å². The molecule has 1 rings (SSSR count). The highest BCUT2D eigenvalue weighted by atomic mass is 32.2. The number of nitrogens with two attached hydrogens (primary N) is 1. The normalized spacial score (nSPS) is 12.0. The predicted molar refractivity (Wildman–Crippen MR) is 58.4 cm³/mol. The van der Waals surface area contributed by atoms with Crippen molar-refractivity contribution in [2.45, 2.75) is 24.0 Å². The average molecular weight is 230 g/mol. The zero-order valence-electron chi connectivity index (χ0n) is 8.89. The van der Waals surface area contributed by atoms with Gasteiger partial charge in [-0.05, 0) is 19.9 Å². The molecule has 0 spiro atoms. The summed E-state index contributed by atoms with van der Waals surface area (Å²) in [7, 11) is -2.10. The summed E-state index contributed by atoms with van der Waals surface area (Å²) >= 11 is 0. The van der Waals surface area contributed by atoms with Crippen molar-refractivity contribution in [2.75, 3.05) is 5.73 Å². The second-order valence-electron chi connectivity index (χ2n) is 3.65. The minimum absolute atomic E-state index is 0.236. The number of aromatic nitrogens is 1. The molecule has 5 nitrogen and oxygen atoms in total. The lowest BCUT2D eigenvalue weighted by Gasteiger charge is -2.09. The van der Waals surface area contributed by atoms with Gasteiger partial charge >= 0.3 is 0 Å². The van der Waals surface area contributed by atoms with Gasteiger partial charge in [-0.2, -0.15) is 0 Å². The average Bonchev–Trinajstić information content (AvgIpc) is 2.10. The van der Waals surface area contributed by atoms with Gasteiger partial charge in [0.1, 0.15) is 4.90 Å². The van der Waals surface area contributed by atoms with Crippen molar-refractivity contribution in [2.24, 2.45) is 7.05 Å². The van der Waals surface area contributed by atoms with E-state index in [0.717, 1.165) is 0 Å². The number of aryl methyl sites for hydroxylation is 1. The van der Waals surface area contributed by atoms with Crippen molar-refractivity contribution in [3.8, 4) is 0 Å². The number of nitrogen functional groups attached to an aromatic ring is 1. The Hall–Kier alpha value is -1.30. The fourth-order valence-electron chi connectivity index (χ4n) is 1.16. The first-order valence-electron chi connectivity index (χ1n) is 4.47. The maximum atomic E-state index is 11.8. The molecule has 1 aromatic rings. The summed E-state index contributed by atoms with van der Waals surface area (Å²) in [5, 5.41) is -0.632. The molecule has 2 N–H and O–H groups in total. The van der Waals surface area contributed by atoms with Crippen LogP contribution in [-0.2, 0) is 16.9 Å². The summed E-state index contributed by atoms with van der Waals surface area (Å²) in [6, 6.07) is 1.21. The van der Waals surface area contributed by atoms with E-state index in [1.165, 1.54) is 37.7 Å². The van der Waals surface area contributed by atoms with Crippen LogP contribution >= 0.6 is 0 Å². The van der Waals surface area contributed by atoms with E-state index in [4.69, 9.17) is 5.73 Å². The lowest BCUT2D eigenvalue weighted by atomic mass is 10.4. The summed E-state index contributed by atoms with van der Waals surface area (Å²) in [6.45, 7) is 3.05. The van der Waals surface area contributed by atoms with Crippen molar-refractivity contribution < 1.29 is 8.42 Å². The topological polar surface area (TPSA) is 82.2 Å². The highest BCUT2D eigenvalue weighted by molar-refractivity contribution is 7.92. The third kappa shape index (κ3) is 2.04. The van der Waals surface area contributed by atoms with E-state index < -0.39 is 20.6 Å². The highest BCUT2D eigenvalue weighted by Crippen LogP contribution is 2.13. The van der Waals surface area contributed by atoms with E-state index in [0.29, 0.717) is 0 Å². The summed E-state index contributed by atoms with van der Waals surface area (Å²) < 4.78 is 24.7. The molecule has 84 valence electrons. The zero-order chi connectivity index (χ0) is 11.8. The first-order valence-corrected chi connectivity index (χ1v) is 6.01. The van der Waals surface area contributed by atoms with Crippen molar-refractivity contribution in [3.63, 3.8) is 0 Å². The minimum atomic E-state index is -3.57. The van der Waals surface area contributed by atoms with Crippen LogP contribution in [0.3, 0.4) is 0 Å². The Kier molecular flexibility index (Phi) is 2.90. The Labute approximate surface area is 88.4 Å². The Morgan fingerprint density at radius 1 is 1.40 bits per heavy atom. The van der Waals surface area contributed by atoms with Crippen LogP contribution in [0.25, 0.3) is 0 Å². The molecule has 1 aromatic heterocycles. The van der Waals surface area contributed by atoms with Gasteiger partial charge in [0.25, 0.3) is 5.56 Å². The lowest BCUT2D eigenvalue weighted by molar-refractivity contribution is 0.584. The lowest BCUT2D eigenvalue weighted by Crippen LogP contribution is -2.27. The summed E-state index contributed by atoms with van der Waals surface area (Å²) in [5.74, 6) is 0. The van der Waals surface area contributed by atoms with Gasteiger partial charge in [-0.25, -0.2) is 8.42 Å². The molecule has 15 heavy (non-hydrogen) atoms. The number of sulfone groups is 1. The maximum absolute atomic E-state index is 11.8. The number of hydrogen-bond acceptors (Lipinski definition) is 4. The van der Waals surface area contributed by atoms with Gasteiger partial charge in [0, 0.05) is 18.9 Å². The number of nitrogens with zero attached hydrogens (tertiary/aromatic N) is 1. The molecule has 0 fully saturated rings. The molecule has 0 atom stereocenters. The van der Waals surface area contributed by atoms with Gasteiger partial charge in [-0.1, -0.05) is 0 Å². The molecule has 0 aromatic carbocycles. The fraction of sp³-hybridized carbons (Fsp3) is 0.444. The Bertz CT molecular complexity index is 529. The first kappa shape index (κ1) is 11.8. The summed E-state index contributed by atoms with van der Waals surface area (Å²) in [4.78, 5) is 11.4. The minimum Gasteiger partial charge on any atom is -0.398 e. The third-order valence-electron chi connectivity index (χ3n) is 2.10. The molecule has 0 saturated heterocycles. The smallest absolute Gasteiger partial charge is 0.269 e. The van der Waals surface area contributed by atoms with Crippen LogP contribution in [-0.4, -0.2) is 18.2 Å². The van der Waals surface area contributed by atoms with Gasteiger partial charge in [0.05, 0.1) is 5.25 Å². The van der Waals surface area contributed by atoms with Crippen LogP contribution in [0.5, 0.6) is 0 Å². The van der Waals surface area contributed by atoms with Crippen LogP contribution in [0, 0.1) is 0 Å². The molecule has 0 saturated carbocycles. The standard InChI is InChI=1S/C9H14N2O3S/c1-6(2)15(13,14)8-4-7(10)5-11(3)9(8)12/h4-6H,10H2,1-3H3. The Morgan fingerprint density at radius 2 is 1.93 bits per heavy atom. The van der Waals surface area contributed by atoms with E-state index in [1.807, 2.05) is 0 Å². The van der Waals surface area contributed by atoms with Crippen LogP contribution < -0.4 is 11.3 Å². The van der Waals surface area contributed by atoms with Crippen LogP contribution in [0.2, 0.25) is 0 Å². The van der Waals surface area contributed by atoms with Crippen molar-refractivity contribution in [1.29, 1.82) is 0 Å². The quantitative estimate of drug-likeness (QED) is 0.784. The monoisotopic (exact) mass is 230 g/mol. The summed E-state index contributed by atoms with van der Waals surface area (Å²) in [5.41, 5.74) is 5.22. The Morgan fingerprint density at radius 3 is 2.40 bits per heavy atom. The molecule has 0 aliphatic heterocycles. The molecule has 0 aliphatic rings. The van der Waals surface area contributed by atoms with Gasteiger partial charge < -0.3 is 10.3 Å². The molecule has 1 heterocycles. The summed E-state index contributed by atoms with van der Waals surface area (Å²) in [6.07, 6.45) is 1.39. The fourth-order valence-corrected chi connectivity index (χ4v) is 2.36. The van der Waals surface area contributed by atoms with Crippen LogP contribution in [0.15, 0.2) is 22.0 Å². The molecular weight excluding hydrogens is 216 g/mol. The van der Waals surface area contributed by atoms with E-state index in [9.17, 15) is 13.2 Å². The first-order chi connectivity index (χ1) is 6.76. The third-order valence-corrected chi connectivity index (χ3v) is 4.25. The SMILES string of the molecule is CC(C)S(=O)(=O)c1cc(N)cn(C)c1=O. The number of pyridine rings is 1. The van der Waals surface area contributed by atoms with Crippen molar-refractivity contribution >= 4 is 15.5 Å². The second kappa shape index (κ2) is 3.69. The molecule has 0 bridgehead atoms. The van der Waals surface area contributed by atoms with Crippen molar-refractivity contribution in [1.82, 2.24) is 4.57 Å². The maximum Gasteiger partial charge on any atom is 0.269 e. The predicted octanol–water partition coefficient (Wildman–Crippen LogP) is 0.150. The molecule has 0 aliphatic carbocycles. The molecule has 0 amide bonds. The molecule has 6 heteroatoms. The Balaban J connectivity index is 3.60. The molecule has 0 unspecified atom stereocenters.